The minimum Gasteiger partial charge on any atom is -0.494 e. The standard InChI is InChI=1S/C14H18O4/c1-3-4-9-17-11-7-5-10(6-8-11)12-13(18-12)14(15)16-2/h5-8,12-13H,3-4,9H2,1-2H3/t12?,13-/m1/s1. The van der Waals surface area contributed by atoms with Crippen molar-refractivity contribution in [3.63, 3.8) is 0 Å². The van der Waals surface area contributed by atoms with Crippen molar-refractivity contribution in [1.82, 2.24) is 0 Å². The average molecular weight is 250 g/mol. The number of epoxide rings is 1. The van der Waals surface area contributed by atoms with E-state index in [4.69, 9.17) is 9.47 Å². The Morgan fingerprint density at radius 2 is 2.06 bits per heavy atom. The van der Waals surface area contributed by atoms with E-state index in [0.29, 0.717) is 0 Å². The molecule has 0 amide bonds. The largest absolute Gasteiger partial charge is 0.494 e. The van der Waals surface area contributed by atoms with Gasteiger partial charge in [0.15, 0.2) is 6.10 Å². The summed E-state index contributed by atoms with van der Waals surface area (Å²) in [6, 6.07) is 7.66. The summed E-state index contributed by atoms with van der Waals surface area (Å²) in [6.45, 7) is 2.87. The van der Waals surface area contributed by atoms with Crippen LogP contribution in [0.2, 0.25) is 0 Å². The number of hydrogen-bond acceptors (Lipinski definition) is 4. The van der Waals surface area contributed by atoms with Crippen molar-refractivity contribution in [2.24, 2.45) is 0 Å². The van der Waals surface area contributed by atoms with Crippen molar-refractivity contribution in [1.29, 1.82) is 0 Å². The van der Waals surface area contributed by atoms with Gasteiger partial charge in [-0.25, -0.2) is 4.79 Å². The minimum absolute atomic E-state index is 0.165. The van der Waals surface area contributed by atoms with E-state index in [9.17, 15) is 4.79 Å². The molecule has 1 aliphatic rings. The molecule has 2 rings (SSSR count). The second-order valence-corrected chi connectivity index (χ2v) is 4.27. The van der Waals surface area contributed by atoms with Gasteiger partial charge in [-0.05, 0) is 24.1 Å². The van der Waals surface area contributed by atoms with Crippen molar-refractivity contribution >= 4 is 5.97 Å². The summed E-state index contributed by atoms with van der Waals surface area (Å²) >= 11 is 0. The fraction of sp³-hybridized carbons (Fsp3) is 0.500. The van der Waals surface area contributed by atoms with Crippen LogP contribution < -0.4 is 4.74 Å². The highest BCUT2D eigenvalue weighted by molar-refractivity contribution is 5.78. The molecular weight excluding hydrogens is 232 g/mol. The molecule has 1 aromatic rings. The first-order valence-corrected chi connectivity index (χ1v) is 6.22. The predicted molar refractivity (Wildman–Crippen MR) is 66.5 cm³/mol. The lowest BCUT2D eigenvalue weighted by molar-refractivity contribution is -0.142. The number of esters is 1. The van der Waals surface area contributed by atoms with Crippen LogP contribution in [0.25, 0.3) is 0 Å². The number of hydrogen-bond donors (Lipinski definition) is 0. The smallest absolute Gasteiger partial charge is 0.338 e. The predicted octanol–water partition coefficient (Wildman–Crippen LogP) is 2.48. The van der Waals surface area contributed by atoms with Gasteiger partial charge in [0, 0.05) is 0 Å². The van der Waals surface area contributed by atoms with Crippen molar-refractivity contribution in [2.45, 2.75) is 32.0 Å². The molecule has 2 atom stereocenters. The van der Waals surface area contributed by atoms with Crippen LogP contribution in [0.5, 0.6) is 5.75 Å². The molecule has 0 bridgehead atoms. The fourth-order valence-electron chi connectivity index (χ4n) is 1.75. The Hall–Kier alpha value is -1.55. The maximum Gasteiger partial charge on any atom is 0.338 e. The number of methoxy groups -OCH3 is 1. The quantitative estimate of drug-likeness (QED) is 0.442. The van der Waals surface area contributed by atoms with E-state index in [1.54, 1.807) is 0 Å². The zero-order valence-corrected chi connectivity index (χ0v) is 10.7. The van der Waals surface area contributed by atoms with Gasteiger partial charge in [-0.2, -0.15) is 0 Å². The van der Waals surface area contributed by atoms with Crippen LogP contribution in [0.3, 0.4) is 0 Å². The van der Waals surface area contributed by atoms with Gasteiger partial charge in [0.1, 0.15) is 11.9 Å². The maximum absolute atomic E-state index is 11.2. The molecule has 1 heterocycles. The van der Waals surface area contributed by atoms with Gasteiger partial charge in [-0.15, -0.1) is 0 Å². The zero-order chi connectivity index (χ0) is 13.0. The summed E-state index contributed by atoms with van der Waals surface area (Å²) in [7, 11) is 1.37. The van der Waals surface area contributed by atoms with Crippen LogP contribution in [-0.4, -0.2) is 25.8 Å². The van der Waals surface area contributed by atoms with Crippen LogP contribution in [0, 0.1) is 0 Å². The van der Waals surface area contributed by atoms with E-state index < -0.39 is 6.10 Å². The SMILES string of the molecule is CCCCOc1ccc(C2O[C@H]2C(=O)OC)cc1. The molecule has 0 aromatic heterocycles. The summed E-state index contributed by atoms with van der Waals surface area (Å²) in [5.74, 6) is 0.533. The lowest BCUT2D eigenvalue weighted by Crippen LogP contribution is -2.09. The Labute approximate surface area is 107 Å². The third-order valence-electron chi connectivity index (χ3n) is 2.90. The topological polar surface area (TPSA) is 48.1 Å². The Morgan fingerprint density at radius 3 is 2.67 bits per heavy atom. The van der Waals surface area contributed by atoms with Crippen LogP contribution in [-0.2, 0) is 14.3 Å². The molecule has 1 unspecified atom stereocenters. The highest BCUT2D eigenvalue weighted by Crippen LogP contribution is 2.39. The summed E-state index contributed by atoms with van der Waals surface area (Å²) < 4.78 is 15.5. The summed E-state index contributed by atoms with van der Waals surface area (Å²) in [5, 5.41) is 0. The summed E-state index contributed by atoms with van der Waals surface area (Å²) in [4.78, 5) is 11.2. The zero-order valence-electron chi connectivity index (χ0n) is 10.7. The Morgan fingerprint density at radius 1 is 1.33 bits per heavy atom. The van der Waals surface area contributed by atoms with E-state index in [1.807, 2.05) is 24.3 Å². The fourth-order valence-corrected chi connectivity index (χ4v) is 1.75. The number of ether oxygens (including phenoxy) is 3. The van der Waals surface area contributed by atoms with Gasteiger partial charge in [-0.3, -0.25) is 0 Å². The number of rotatable bonds is 6. The Bertz CT molecular complexity index is 399. The van der Waals surface area contributed by atoms with Crippen LogP contribution in [0.4, 0.5) is 0 Å². The van der Waals surface area contributed by atoms with Crippen molar-refractivity contribution < 1.29 is 19.0 Å². The van der Waals surface area contributed by atoms with Gasteiger partial charge < -0.3 is 14.2 Å². The second-order valence-electron chi connectivity index (χ2n) is 4.27. The second kappa shape index (κ2) is 5.87. The molecule has 1 aliphatic heterocycles. The van der Waals surface area contributed by atoms with Crippen LogP contribution in [0.1, 0.15) is 31.4 Å². The van der Waals surface area contributed by atoms with Crippen LogP contribution >= 0.6 is 0 Å². The van der Waals surface area contributed by atoms with Crippen molar-refractivity contribution in [2.75, 3.05) is 13.7 Å². The van der Waals surface area contributed by atoms with E-state index in [1.165, 1.54) is 7.11 Å². The molecule has 0 radical (unpaired) electrons. The maximum atomic E-state index is 11.2. The molecule has 1 saturated heterocycles. The third-order valence-corrected chi connectivity index (χ3v) is 2.90. The first-order valence-electron chi connectivity index (χ1n) is 6.22. The molecule has 0 saturated carbocycles. The molecule has 18 heavy (non-hydrogen) atoms. The lowest BCUT2D eigenvalue weighted by atomic mass is 10.1. The van der Waals surface area contributed by atoms with E-state index in [2.05, 4.69) is 11.7 Å². The van der Waals surface area contributed by atoms with Crippen molar-refractivity contribution in [3.8, 4) is 5.75 Å². The monoisotopic (exact) mass is 250 g/mol. The van der Waals surface area contributed by atoms with E-state index in [0.717, 1.165) is 30.8 Å². The minimum atomic E-state index is -0.443. The van der Waals surface area contributed by atoms with Gasteiger partial charge >= 0.3 is 5.97 Å². The van der Waals surface area contributed by atoms with Gasteiger partial charge in [0.25, 0.3) is 0 Å². The highest BCUT2D eigenvalue weighted by atomic mass is 16.6. The molecule has 4 nitrogen and oxygen atoms in total. The summed E-state index contributed by atoms with van der Waals surface area (Å²) in [5.41, 5.74) is 0.980. The molecule has 4 heteroatoms. The van der Waals surface area contributed by atoms with Gasteiger partial charge in [-0.1, -0.05) is 25.5 Å². The number of unbranched alkanes of at least 4 members (excludes halogenated alkanes) is 1. The van der Waals surface area contributed by atoms with E-state index in [-0.39, 0.29) is 12.1 Å². The molecule has 1 fully saturated rings. The Balaban J connectivity index is 1.87. The molecular formula is C14H18O4. The number of benzene rings is 1. The number of carbonyl (C=O) groups is 1. The number of carbonyl (C=O) groups excluding carboxylic acids is 1. The first kappa shape index (κ1) is 12.9. The summed E-state index contributed by atoms with van der Waals surface area (Å²) in [6.07, 6.45) is 1.57. The Kier molecular flexibility index (Phi) is 4.20. The molecule has 98 valence electrons. The average Bonchev–Trinajstić information content (AvgIpc) is 3.19. The molecule has 0 spiro atoms. The van der Waals surface area contributed by atoms with Gasteiger partial charge in [0.05, 0.1) is 13.7 Å². The third kappa shape index (κ3) is 3.01. The first-order chi connectivity index (χ1) is 8.76. The normalized spacial score (nSPS) is 21.4. The molecule has 0 aliphatic carbocycles. The van der Waals surface area contributed by atoms with Crippen LogP contribution in [0.15, 0.2) is 24.3 Å². The molecule has 1 aromatic carbocycles. The lowest BCUT2D eigenvalue weighted by Gasteiger charge is -2.05. The van der Waals surface area contributed by atoms with E-state index >= 15 is 0 Å². The van der Waals surface area contributed by atoms with Gasteiger partial charge in [0.2, 0.25) is 0 Å². The molecule has 0 N–H and O–H groups in total. The van der Waals surface area contributed by atoms with Crippen molar-refractivity contribution in [3.05, 3.63) is 29.8 Å². The highest BCUT2D eigenvalue weighted by Gasteiger charge is 2.47.